The van der Waals surface area contributed by atoms with Crippen LogP contribution in [0.1, 0.15) is 16.2 Å². The van der Waals surface area contributed by atoms with Gasteiger partial charge in [0.25, 0.3) is 0 Å². The largest absolute Gasteiger partial charge is 0.468 e. The molecule has 0 bridgehead atoms. The van der Waals surface area contributed by atoms with E-state index in [1.165, 1.54) is 4.88 Å². The van der Waals surface area contributed by atoms with E-state index in [1.807, 2.05) is 6.07 Å². The summed E-state index contributed by atoms with van der Waals surface area (Å²) in [6.07, 6.45) is 1.73. The van der Waals surface area contributed by atoms with Gasteiger partial charge in [0.15, 0.2) is 0 Å². The minimum absolute atomic E-state index is 0.540. The van der Waals surface area contributed by atoms with Crippen LogP contribution >= 0.6 is 11.3 Å². The lowest BCUT2D eigenvalue weighted by atomic mass is 10.3. The Labute approximate surface area is 99.5 Å². The minimum atomic E-state index is 0.540. The summed E-state index contributed by atoms with van der Waals surface area (Å²) in [7, 11) is 2.09. The predicted octanol–water partition coefficient (Wildman–Crippen LogP) is 2.43. The second kappa shape index (κ2) is 5.30. The molecule has 0 radical (unpaired) electrons. The van der Waals surface area contributed by atoms with Crippen LogP contribution < -0.4 is 5.73 Å². The standard InChI is InChI=1S/C12H16N2OS/c1-14(8-12-3-2-4-16-12)7-11-5-10(6-13)9-15-11/h2-5,9H,6-8,13H2,1H3. The molecule has 2 aromatic rings. The van der Waals surface area contributed by atoms with Crippen LogP contribution in [0.4, 0.5) is 0 Å². The molecule has 0 spiro atoms. The molecule has 2 aromatic heterocycles. The van der Waals surface area contributed by atoms with Gasteiger partial charge in [0.2, 0.25) is 0 Å². The van der Waals surface area contributed by atoms with E-state index in [-0.39, 0.29) is 0 Å². The Bertz CT molecular complexity index is 422. The Hall–Kier alpha value is -1.10. The molecule has 4 heteroatoms. The highest BCUT2D eigenvalue weighted by atomic mass is 32.1. The average molecular weight is 236 g/mol. The van der Waals surface area contributed by atoms with Gasteiger partial charge in [-0.3, -0.25) is 4.90 Å². The molecule has 0 aliphatic heterocycles. The van der Waals surface area contributed by atoms with Crippen molar-refractivity contribution in [2.45, 2.75) is 19.6 Å². The third-order valence-electron chi connectivity index (χ3n) is 2.38. The van der Waals surface area contributed by atoms with Gasteiger partial charge in [0, 0.05) is 23.5 Å². The van der Waals surface area contributed by atoms with Crippen LogP contribution in [0.25, 0.3) is 0 Å². The summed E-state index contributed by atoms with van der Waals surface area (Å²) in [5, 5.41) is 2.10. The van der Waals surface area contributed by atoms with Crippen LogP contribution in [0.2, 0.25) is 0 Å². The maximum absolute atomic E-state index is 5.53. The van der Waals surface area contributed by atoms with Gasteiger partial charge >= 0.3 is 0 Å². The number of nitrogens with two attached hydrogens (primary N) is 1. The van der Waals surface area contributed by atoms with E-state index >= 15 is 0 Å². The first-order chi connectivity index (χ1) is 7.78. The van der Waals surface area contributed by atoms with Gasteiger partial charge in [-0.25, -0.2) is 0 Å². The van der Waals surface area contributed by atoms with Crippen molar-refractivity contribution in [1.82, 2.24) is 4.90 Å². The fourth-order valence-corrected chi connectivity index (χ4v) is 2.39. The van der Waals surface area contributed by atoms with Gasteiger partial charge < -0.3 is 10.2 Å². The van der Waals surface area contributed by atoms with Crippen molar-refractivity contribution in [3.63, 3.8) is 0 Å². The number of nitrogens with zero attached hydrogens (tertiary/aromatic N) is 1. The second-order valence-corrected chi connectivity index (χ2v) is 4.91. The van der Waals surface area contributed by atoms with Gasteiger partial charge in [0.05, 0.1) is 12.8 Å². The first kappa shape index (κ1) is 11.4. The molecular formula is C12H16N2OS. The van der Waals surface area contributed by atoms with Crippen LogP contribution in [-0.2, 0) is 19.6 Å². The molecule has 0 amide bonds. The Kier molecular flexibility index (Phi) is 3.77. The monoisotopic (exact) mass is 236 g/mol. The number of furan rings is 1. The summed E-state index contributed by atoms with van der Waals surface area (Å²) < 4.78 is 5.43. The molecule has 2 heterocycles. The molecule has 0 aliphatic carbocycles. The zero-order chi connectivity index (χ0) is 11.4. The minimum Gasteiger partial charge on any atom is -0.468 e. The summed E-state index contributed by atoms with van der Waals surface area (Å²) in [6.45, 7) is 2.31. The van der Waals surface area contributed by atoms with Crippen molar-refractivity contribution >= 4 is 11.3 Å². The lowest BCUT2D eigenvalue weighted by Gasteiger charge is -2.13. The number of rotatable bonds is 5. The highest BCUT2D eigenvalue weighted by molar-refractivity contribution is 7.09. The SMILES string of the molecule is CN(Cc1cc(CN)co1)Cc1cccs1. The first-order valence-corrected chi connectivity index (χ1v) is 6.13. The van der Waals surface area contributed by atoms with Crippen molar-refractivity contribution in [1.29, 1.82) is 0 Å². The molecule has 0 fully saturated rings. The van der Waals surface area contributed by atoms with E-state index in [2.05, 4.69) is 29.5 Å². The molecule has 0 aromatic carbocycles. The van der Waals surface area contributed by atoms with Gasteiger partial charge in [-0.2, -0.15) is 0 Å². The maximum atomic E-state index is 5.53. The maximum Gasteiger partial charge on any atom is 0.118 e. The molecule has 0 saturated heterocycles. The van der Waals surface area contributed by atoms with Crippen molar-refractivity contribution in [2.24, 2.45) is 5.73 Å². The third-order valence-corrected chi connectivity index (χ3v) is 3.24. The first-order valence-electron chi connectivity index (χ1n) is 5.25. The quantitative estimate of drug-likeness (QED) is 0.867. The van der Waals surface area contributed by atoms with Gasteiger partial charge in [0.1, 0.15) is 5.76 Å². The predicted molar refractivity (Wildman–Crippen MR) is 66.1 cm³/mol. The lowest BCUT2D eigenvalue weighted by Crippen LogP contribution is -2.16. The Balaban J connectivity index is 1.89. The molecule has 0 aliphatic rings. The normalized spacial score (nSPS) is 11.2. The summed E-state index contributed by atoms with van der Waals surface area (Å²) in [5.41, 5.74) is 6.59. The smallest absolute Gasteiger partial charge is 0.118 e. The number of hydrogen-bond donors (Lipinski definition) is 1. The molecule has 2 N–H and O–H groups in total. The fourth-order valence-electron chi connectivity index (χ4n) is 1.61. The van der Waals surface area contributed by atoms with Crippen LogP contribution in [0.15, 0.2) is 34.3 Å². The summed E-state index contributed by atoms with van der Waals surface area (Å²) in [4.78, 5) is 3.60. The second-order valence-electron chi connectivity index (χ2n) is 3.88. The third kappa shape index (κ3) is 2.95. The van der Waals surface area contributed by atoms with Gasteiger partial charge in [-0.05, 0) is 24.6 Å². The Morgan fingerprint density at radius 1 is 1.44 bits per heavy atom. The molecule has 2 rings (SSSR count). The van der Waals surface area contributed by atoms with E-state index in [9.17, 15) is 0 Å². The van der Waals surface area contributed by atoms with Gasteiger partial charge in [-0.1, -0.05) is 6.07 Å². The molecule has 16 heavy (non-hydrogen) atoms. The molecule has 0 atom stereocenters. The highest BCUT2D eigenvalue weighted by Crippen LogP contribution is 2.14. The summed E-state index contributed by atoms with van der Waals surface area (Å²) in [5.74, 6) is 0.972. The fraction of sp³-hybridized carbons (Fsp3) is 0.333. The van der Waals surface area contributed by atoms with E-state index in [4.69, 9.17) is 10.2 Å². The van der Waals surface area contributed by atoms with E-state index in [0.717, 1.165) is 24.4 Å². The summed E-state index contributed by atoms with van der Waals surface area (Å²) >= 11 is 1.78. The topological polar surface area (TPSA) is 42.4 Å². The number of hydrogen-bond acceptors (Lipinski definition) is 4. The van der Waals surface area contributed by atoms with Crippen molar-refractivity contribution in [3.8, 4) is 0 Å². The van der Waals surface area contributed by atoms with Crippen LogP contribution in [0.5, 0.6) is 0 Å². The van der Waals surface area contributed by atoms with Crippen LogP contribution in [0.3, 0.4) is 0 Å². The molecule has 3 nitrogen and oxygen atoms in total. The van der Waals surface area contributed by atoms with Crippen LogP contribution in [0, 0.1) is 0 Å². The highest BCUT2D eigenvalue weighted by Gasteiger charge is 2.06. The Morgan fingerprint density at radius 2 is 2.31 bits per heavy atom. The zero-order valence-corrected chi connectivity index (χ0v) is 10.2. The molecule has 0 saturated carbocycles. The average Bonchev–Trinajstić information content (AvgIpc) is 2.89. The van der Waals surface area contributed by atoms with Crippen LogP contribution in [-0.4, -0.2) is 11.9 Å². The van der Waals surface area contributed by atoms with Gasteiger partial charge in [-0.15, -0.1) is 11.3 Å². The van der Waals surface area contributed by atoms with E-state index in [0.29, 0.717) is 6.54 Å². The van der Waals surface area contributed by atoms with Crippen molar-refractivity contribution < 1.29 is 4.42 Å². The van der Waals surface area contributed by atoms with Crippen molar-refractivity contribution in [3.05, 3.63) is 46.0 Å². The number of thiophene rings is 1. The molecule has 0 unspecified atom stereocenters. The molecular weight excluding hydrogens is 220 g/mol. The molecule has 86 valence electrons. The van der Waals surface area contributed by atoms with E-state index < -0.39 is 0 Å². The Morgan fingerprint density at radius 3 is 2.94 bits per heavy atom. The zero-order valence-electron chi connectivity index (χ0n) is 9.35. The lowest BCUT2D eigenvalue weighted by molar-refractivity contribution is 0.290. The van der Waals surface area contributed by atoms with E-state index in [1.54, 1.807) is 17.6 Å². The summed E-state index contributed by atoms with van der Waals surface area (Å²) in [6, 6.07) is 6.24. The van der Waals surface area contributed by atoms with Crippen molar-refractivity contribution in [2.75, 3.05) is 7.05 Å².